The van der Waals surface area contributed by atoms with Gasteiger partial charge in [0.25, 0.3) is 0 Å². The molecule has 0 radical (unpaired) electrons. The van der Waals surface area contributed by atoms with E-state index in [4.69, 9.17) is 0 Å². The molecule has 0 atom stereocenters. The number of anilines is 1. The third-order valence-electron chi connectivity index (χ3n) is 2.22. The third kappa shape index (κ3) is 3.93. The number of hydrogen-bond donors (Lipinski definition) is 2. The fraction of sp³-hybridized carbons (Fsp3) is 0.0769. The molecule has 3 N–H and O–H groups in total. The van der Waals surface area contributed by atoms with Gasteiger partial charge in [-0.15, -0.1) is 0 Å². The Morgan fingerprint density at radius 2 is 1.38 bits per heavy atom. The minimum Gasteiger partial charge on any atom is -1.00 e. The Hall–Kier alpha value is -1.51. The van der Waals surface area contributed by atoms with Crippen molar-refractivity contribution in [2.24, 2.45) is 0 Å². The lowest BCUT2D eigenvalue weighted by molar-refractivity contribution is -0.642. The third-order valence-corrected chi connectivity index (χ3v) is 2.22. The fourth-order valence-corrected chi connectivity index (χ4v) is 1.44. The molecule has 0 saturated carbocycles. The molecule has 3 heteroatoms. The van der Waals surface area contributed by atoms with Crippen LogP contribution in [0.15, 0.2) is 60.7 Å². The van der Waals surface area contributed by atoms with E-state index in [0.29, 0.717) is 0 Å². The summed E-state index contributed by atoms with van der Waals surface area (Å²) in [5.74, 6) is 0. The number of para-hydroxylation sites is 1. The lowest BCUT2D eigenvalue weighted by Crippen LogP contribution is -3.00. The maximum Gasteiger partial charge on any atom is 0.123 e. The van der Waals surface area contributed by atoms with Crippen LogP contribution in [0.1, 0.15) is 5.56 Å². The zero-order valence-electron chi connectivity index (χ0n) is 8.94. The fourth-order valence-electron chi connectivity index (χ4n) is 1.44. The van der Waals surface area contributed by atoms with Crippen molar-refractivity contribution in [2.45, 2.75) is 6.54 Å². The first-order valence-corrected chi connectivity index (χ1v) is 5.12. The second-order valence-corrected chi connectivity index (χ2v) is 3.40. The van der Waals surface area contributed by atoms with Gasteiger partial charge in [0, 0.05) is 5.56 Å². The Morgan fingerprint density at radius 1 is 0.812 bits per heavy atom. The van der Waals surface area contributed by atoms with Crippen LogP contribution in [-0.2, 0) is 6.54 Å². The predicted molar refractivity (Wildman–Crippen MR) is 62.1 cm³/mol. The number of benzene rings is 2. The number of rotatable bonds is 4. The monoisotopic (exact) mass is 234 g/mol. The first-order valence-electron chi connectivity index (χ1n) is 5.12. The molecule has 0 aromatic heterocycles. The van der Waals surface area contributed by atoms with E-state index < -0.39 is 0 Å². The van der Waals surface area contributed by atoms with Gasteiger partial charge in [0.05, 0.1) is 5.69 Å². The molecule has 0 spiro atoms. The molecule has 84 valence electrons. The van der Waals surface area contributed by atoms with Crippen molar-refractivity contribution in [3.63, 3.8) is 0 Å². The van der Waals surface area contributed by atoms with Crippen LogP contribution in [0.25, 0.3) is 0 Å². The molecule has 2 aromatic rings. The van der Waals surface area contributed by atoms with Gasteiger partial charge in [-0.1, -0.05) is 48.5 Å². The summed E-state index contributed by atoms with van der Waals surface area (Å²) in [6.45, 7) is 0.940. The summed E-state index contributed by atoms with van der Waals surface area (Å²) in [7, 11) is 0. The van der Waals surface area contributed by atoms with E-state index in [0.717, 1.165) is 12.2 Å². The van der Waals surface area contributed by atoms with Gasteiger partial charge in [-0.25, -0.2) is 10.9 Å². The highest BCUT2D eigenvalue weighted by atomic mass is 35.5. The molecule has 16 heavy (non-hydrogen) atoms. The van der Waals surface area contributed by atoms with Crippen molar-refractivity contribution in [3.8, 4) is 0 Å². The summed E-state index contributed by atoms with van der Waals surface area (Å²) < 4.78 is 0. The Labute approximate surface area is 102 Å². The lowest BCUT2D eigenvalue weighted by atomic mass is 10.2. The van der Waals surface area contributed by atoms with E-state index in [2.05, 4.69) is 47.2 Å². The van der Waals surface area contributed by atoms with Crippen LogP contribution in [0.2, 0.25) is 0 Å². The maximum absolute atomic E-state index is 3.27. The Morgan fingerprint density at radius 3 is 2.00 bits per heavy atom. The minimum atomic E-state index is 0. The lowest BCUT2D eigenvalue weighted by Gasteiger charge is -2.04. The smallest absolute Gasteiger partial charge is 0.123 e. The molecule has 0 aliphatic rings. The van der Waals surface area contributed by atoms with Crippen LogP contribution in [0.5, 0.6) is 0 Å². The molecule has 0 amide bonds. The maximum atomic E-state index is 3.27. The number of hydrogen-bond acceptors (Lipinski definition) is 1. The molecule has 2 rings (SSSR count). The van der Waals surface area contributed by atoms with Crippen molar-refractivity contribution in [1.82, 2.24) is 0 Å². The van der Waals surface area contributed by atoms with E-state index >= 15 is 0 Å². The molecular formula is C13H15ClN2. The largest absolute Gasteiger partial charge is 1.00 e. The second-order valence-electron chi connectivity index (χ2n) is 3.40. The summed E-state index contributed by atoms with van der Waals surface area (Å²) in [6.07, 6.45) is 0. The first kappa shape index (κ1) is 12.6. The van der Waals surface area contributed by atoms with E-state index in [1.54, 1.807) is 0 Å². The highest BCUT2D eigenvalue weighted by molar-refractivity contribution is 5.39. The van der Waals surface area contributed by atoms with Crippen molar-refractivity contribution in [3.05, 3.63) is 66.2 Å². The molecule has 0 aliphatic heterocycles. The van der Waals surface area contributed by atoms with Crippen molar-refractivity contribution in [1.29, 1.82) is 0 Å². The summed E-state index contributed by atoms with van der Waals surface area (Å²) in [5.41, 5.74) is 7.80. The number of halogens is 1. The number of nitrogens with two attached hydrogens (primary N) is 1. The SMILES string of the molecule is [Cl-].c1ccc(C[NH2+]Nc2ccccc2)cc1. The van der Waals surface area contributed by atoms with Crippen LogP contribution in [0.3, 0.4) is 0 Å². The van der Waals surface area contributed by atoms with Gasteiger partial charge >= 0.3 is 0 Å². The second kappa shape index (κ2) is 6.88. The summed E-state index contributed by atoms with van der Waals surface area (Å²) in [4.78, 5) is 0. The van der Waals surface area contributed by atoms with Gasteiger partial charge in [0.1, 0.15) is 6.54 Å². The molecular weight excluding hydrogens is 220 g/mol. The Kier molecular flexibility index (Phi) is 5.40. The molecule has 0 fully saturated rings. The quantitative estimate of drug-likeness (QED) is 0.504. The normalized spacial score (nSPS) is 9.25. The van der Waals surface area contributed by atoms with E-state index in [1.807, 2.05) is 24.3 Å². The summed E-state index contributed by atoms with van der Waals surface area (Å²) >= 11 is 0. The van der Waals surface area contributed by atoms with Gasteiger partial charge < -0.3 is 12.4 Å². The molecule has 0 bridgehead atoms. The molecule has 0 saturated heterocycles. The molecule has 2 nitrogen and oxygen atoms in total. The van der Waals surface area contributed by atoms with Crippen molar-refractivity contribution >= 4 is 5.69 Å². The highest BCUT2D eigenvalue weighted by Crippen LogP contribution is 2.01. The first-order chi connectivity index (χ1) is 7.45. The number of quaternary nitrogens is 1. The zero-order valence-corrected chi connectivity index (χ0v) is 9.69. The molecule has 0 aliphatic carbocycles. The van der Waals surface area contributed by atoms with Crippen LogP contribution in [-0.4, -0.2) is 0 Å². The average molecular weight is 235 g/mol. The number of nitrogen functional groups attached to an aromatic ring is 1. The standard InChI is InChI=1S/C13H14N2.ClH/c1-3-7-12(8-4-1)11-14-15-13-9-5-2-6-10-13;/h1-10,14-15H,11H2;1H. The van der Waals surface area contributed by atoms with E-state index in [9.17, 15) is 0 Å². The highest BCUT2D eigenvalue weighted by Gasteiger charge is 1.93. The summed E-state index contributed by atoms with van der Waals surface area (Å²) in [5, 5.41) is 0. The molecule has 2 aromatic carbocycles. The summed E-state index contributed by atoms with van der Waals surface area (Å²) in [6, 6.07) is 20.6. The number of nitrogens with one attached hydrogen (secondary N) is 1. The van der Waals surface area contributed by atoms with Crippen LogP contribution in [0, 0.1) is 0 Å². The minimum absolute atomic E-state index is 0. The van der Waals surface area contributed by atoms with E-state index in [-0.39, 0.29) is 12.4 Å². The van der Waals surface area contributed by atoms with Gasteiger partial charge in [-0.2, -0.15) is 0 Å². The molecule has 0 unspecified atom stereocenters. The van der Waals surface area contributed by atoms with E-state index in [1.165, 1.54) is 5.56 Å². The Balaban J connectivity index is 0.00000128. The van der Waals surface area contributed by atoms with Crippen LogP contribution < -0.4 is 23.3 Å². The van der Waals surface area contributed by atoms with Crippen LogP contribution in [0.4, 0.5) is 5.69 Å². The predicted octanol–water partition coefficient (Wildman–Crippen LogP) is -1.22. The average Bonchev–Trinajstić information content (AvgIpc) is 2.32. The van der Waals surface area contributed by atoms with Crippen LogP contribution >= 0.6 is 0 Å². The van der Waals surface area contributed by atoms with Gasteiger partial charge in [0.15, 0.2) is 0 Å². The van der Waals surface area contributed by atoms with Gasteiger partial charge in [-0.05, 0) is 12.1 Å². The van der Waals surface area contributed by atoms with Crippen molar-refractivity contribution < 1.29 is 17.8 Å². The Bertz CT molecular complexity index is 350. The van der Waals surface area contributed by atoms with Gasteiger partial charge in [-0.3, -0.25) is 0 Å². The topological polar surface area (TPSA) is 28.6 Å². The molecule has 0 heterocycles. The van der Waals surface area contributed by atoms with Crippen molar-refractivity contribution in [2.75, 3.05) is 5.43 Å². The van der Waals surface area contributed by atoms with Gasteiger partial charge in [0.2, 0.25) is 0 Å². The zero-order chi connectivity index (χ0) is 10.3.